The number of hydrogen-bond donors (Lipinski definition) is 8. The number of nitrogens with zero attached hydrogens (tertiary/aromatic N) is 2. The molecule has 640 valence electrons. The zero-order chi connectivity index (χ0) is 87.4. The number of esters is 6. The maximum atomic E-state index is 12.1. The fraction of sp³-hybridized carbons (Fsp3) is 0.585. The lowest BCUT2D eigenvalue weighted by molar-refractivity contribution is -0.164. The summed E-state index contributed by atoms with van der Waals surface area (Å²) < 4.78 is 50.0. The molecule has 0 aliphatic carbocycles. The summed E-state index contributed by atoms with van der Waals surface area (Å²) >= 11 is 0. The smallest absolute Gasteiger partial charge is 0.504 e. The molecule has 0 unspecified atom stereocenters. The van der Waals surface area contributed by atoms with Gasteiger partial charge in [-0.2, -0.15) is 0 Å². The summed E-state index contributed by atoms with van der Waals surface area (Å²) in [7, 11) is 3.02. The largest absolute Gasteiger partial charge is 0.519 e. The third kappa shape index (κ3) is 47.0. The Morgan fingerprint density at radius 3 is 0.814 bits per heavy atom. The lowest BCUT2D eigenvalue weighted by Gasteiger charge is -2.26. The van der Waals surface area contributed by atoms with Crippen molar-refractivity contribution in [2.45, 2.75) is 253 Å². The van der Waals surface area contributed by atoms with Crippen LogP contribution in [0, 0.1) is 35.5 Å². The minimum Gasteiger partial charge on any atom is -0.504 e. The number of carbonyl (C=O) groups excluding carboxylic acids is 10. The Bertz CT molecular complexity index is 3610. The van der Waals surface area contributed by atoms with Crippen LogP contribution in [0.15, 0.2) is 72.8 Å². The van der Waals surface area contributed by atoms with Crippen molar-refractivity contribution in [3.63, 3.8) is 0 Å². The number of benzene rings is 4. The van der Waals surface area contributed by atoms with Gasteiger partial charge in [0.05, 0.1) is 73.0 Å². The Labute approximate surface area is 672 Å². The third-order valence-electron chi connectivity index (χ3n) is 13.7. The fourth-order valence-electron chi connectivity index (χ4n) is 7.58. The Kier molecular flexibility index (Phi) is 48.2. The minimum atomic E-state index is -1.08. The molecule has 31 heteroatoms. The molecule has 0 radical (unpaired) electrons. The van der Waals surface area contributed by atoms with E-state index in [1.54, 1.807) is 197 Å². The van der Waals surface area contributed by atoms with Crippen LogP contribution >= 0.6 is 12.4 Å². The van der Waals surface area contributed by atoms with E-state index in [1.165, 1.54) is 66.4 Å². The molecular formula is C82H127ClN2O28. The number of phenols is 4. The van der Waals surface area contributed by atoms with Crippen molar-refractivity contribution < 1.29 is 136 Å². The molecule has 0 heterocycles. The van der Waals surface area contributed by atoms with Crippen LogP contribution in [0.2, 0.25) is 0 Å². The number of phenolic OH excluding ortho intramolecular Hbond substituents is 4. The van der Waals surface area contributed by atoms with E-state index in [1.807, 2.05) is 13.8 Å². The van der Waals surface area contributed by atoms with E-state index >= 15 is 0 Å². The molecule has 0 aromatic heterocycles. The number of likely N-dealkylation sites (N-methyl/N-ethyl adjacent to an activating group) is 2. The SMILES string of the molecule is CC(C)(C)OC(=O)OC(=O)OC(C)(C)C.CC(C)C(=O)OC(=O)C(C)C.CC(C)C(=O)Oc1ccc([C@@H](O)CN(C)C(=O)OC(C)(C)C)cc1OC(=O)C(C)C.CCC[C@H](O)c1ccc(O)c(O)c1.CCC[C@H](O)c1ccc(OC(=O)C(C)C)c(OC(=O)C(C)C)c1.CN(C[C@H](O)c1ccc(O)c(O)c1)C(=O)OC(C)(C)C.Cl. The summed E-state index contributed by atoms with van der Waals surface area (Å²) in [5.41, 5.74) is -0.598. The van der Waals surface area contributed by atoms with Crippen molar-refractivity contribution >= 4 is 72.7 Å². The first-order chi connectivity index (χ1) is 51.2. The van der Waals surface area contributed by atoms with E-state index < -0.39 is 113 Å². The van der Waals surface area contributed by atoms with Gasteiger partial charge in [-0.25, -0.2) is 19.2 Å². The standard InChI is InChI=1S/C22H33NO7.C18H26O5.C14H21NO5.C10H18O5.C10H14O3.C8H14O3.ClH/c1-13(2)19(25)28-17-10-9-15(11-18(17)29-20(26)14(3)4)16(24)12-23(8)21(27)30-22(5,6)7;1-6-7-14(19)13-8-9-15(22-17(20)11(2)3)16(10-13)23-18(21)12(4)5;1-14(2,3)20-13(19)15(4)8-12(18)9-5-6-10(16)11(17)7-9;1-9(2,3)14-7(11)13-8(12)15-10(4,5)6;1-2-3-8(11)7-4-5-9(12)10(13)6-7;1-5(2)7(9)11-8(10)6(3)4;/h9-11,13-14,16,24H,12H2,1-8H3;8-12,14,19H,6-7H2,1-5H3;5-7,12,16-18H,8H2,1-4H3;1-6H3;4-6,8,11-13H,2-3H2,1H3;5-6H,1-4H3;1H/t16-;14-;12-;;8-;;/m000.0../s1. The molecule has 0 aliphatic heterocycles. The van der Waals surface area contributed by atoms with E-state index in [2.05, 4.69) is 9.47 Å². The van der Waals surface area contributed by atoms with Gasteiger partial charge in [0, 0.05) is 14.1 Å². The highest BCUT2D eigenvalue weighted by Crippen LogP contribution is 2.36. The number of ether oxygens (including phenoxy) is 10. The van der Waals surface area contributed by atoms with Gasteiger partial charge >= 0.3 is 60.3 Å². The molecule has 0 saturated heterocycles. The van der Waals surface area contributed by atoms with Gasteiger partial charge in [0.2, 0.25) is 0 Å². The van der Waals surface area contributed by atoms with Gasteiger partial charge in [-0.15, -0.1) is 12.4 Å². The average molecular weight is 1620 g/mol. The Morgan fingerprint density at radius 1 is 0.327 bits per heavy atom. The first kappa shape index (κ1) is 108. The molecule has 113 heavy (non-hydrogen) atoms. The summed E-state index contributed by atoms with van der Waals surface area (Å²) in [5, 5.41) is 77.0. The highest BCUT2D eigenvalue weighted by molar-refractivity contribution is 5.87. The quantitative estimate of drug-likeness (QED) is 0.0119. The maximum Gasteiger partial charge on any atom is 0.519 e. The molecule has 4 aromatic carbocycles. The van der Waals surface area contributed by atoms with Gasteiger partial charge in [0.15, 0.2) is 46.0 Å². The molecular weight excluding hydrogens is 1500 g/mol. The summed E-state index contributed by atoms with van der Waals surface area (Å²) in [6.45, 7) is 44.8. The summed E-state index contributed by atoms with van der Waals surface area (Å²) in [4.78, 5) is 118. The van der Waals surface area contributed by atoms with Crippen LogP contribution in [-0.4, -0.2) is 161 Å². The Morgan fingerprint density at radius 2 is 0.566 bits per heavy atom. The first-order valence-corrected chi connectivity index (χ1v) is 36.8. The normalized spacial score (nSPS) is 12.2. The zero-order valence-electron chi connectivity index (χ0n) is 71.0. The Balaban J connectivity index is -0.00000132. The topological polar surface area (TPSA) is 431 Å². The van der Waals surface area contributed by atoms with Crippen LogP contribution in [0.5, 0.6) is 46.0 Å². The van der Waals surface area contributed by atoms with Gasteiger partial charge in [-0.3, -0.25) is 28.8 Å². The highest BCUT2D eigenvalue weighted by atomic mass is 35.5. The van der Waals surface area contributed by atoms with Crippen molar-refractivity contribution in [2.75, 3.05) is 27.2 Å². The average Bonchev–Trinajstić information content (AvgIpc) is 0.829. The van der Waals surface area contributed by atoms with Crippen LogP contribution in [0.3, 0.4) is 0 Å². The van der Waals surface area contributed by atoms with E-state index in [0.717, 1.165) is 12.8 Å². The molecule has 0 bridgehead atoms. The number of hydrogen-bond acceptors (Lipinski definition) is 28. The summed E-state index contributed by atoms with van der Waals surface area (Å²) in [6, 6.07) is 17.6. The van der Waals surface area contributed by atoms with Gasteiger partial charge in [0.25, 0.3) is 0 Å². The minimum absolute atomic E-state index is 0. The lowest BCUT2D eigenvalue weighted by atomic mass is 10.0. The van der Waals surface area contributed by atoms with E-state index in [0.29, 0.717) is 35.1 Å². The third-order valence-corrected chi connectivity index (χ3v) is 13.7. The van der Waals surface area contributed by atoms with Crippen LogP contribution in [0.4, 0.5) is 19.2 Å². The summed E-state index contributed by atoms with van der Waals surface area (Å²) in [6.07, 6.45) is -3.54. The van der Waals surface area contributed by atoms with Gasteiger partial charge in [-0.05, 0) is 167 Å². The van der Waals surface area contributed by atoms with Crippen LogP contribution < -0.4 is 18.9 Å². The lowest BCUT2D eigenvalue weighted by Crippen LogP contribution is -2.36. The predicted octanol–water partition coefficient (Wildman–Crippen LogP) is 15.9. The van der Waals surface area contributed by atoms with Crippen molar-refractivity contribution in [3.8, 4) is 46.0 Å². The van der Waals surface area contributed by atoms with Gasteiger partial charge < -0.3 is 98.0 Å². The van der Waals surface area contributed by atoms with Crippen molar-refractivity contribution in [1.29, 1.82) is 0 Å². The number of aliphatic hydroxyl groups is 4. The van der Waals surface area contributed by atoms with Crippen LogP contribution in [0.25, 0.3) is 0 Å². The number of rotatable bonds is 22. The second-order valence-electron chi connectivity index (χ2n) is 31.7. The maximum absolute atomic E-state index is 12.1. The molecule has 2 amide bonds. The van der Waals surface area contributed by atoms with Crippen molar-refractivity contribution in [1.82, 2.24) is 9.80 Å². The molecule has 0 saturated carbocycles. The monoisotopic (exact) mass is 1620 g/mol. The number of amides is 2. The van der Waals surface area contributed by atoms with Crippen molar-refractivity contribution in [2.24, 2.45) is 35.5 Å². The molecule has 0 aliphatic rings. The number of aliphatic hydroxyl groups excluding tert-OH is 4. The number of halogens is 1. The van der Waals surface area contributed by atoms with E-state index in [9.17, 15) is 78.6 Å². The second kappa shape index (κ2) is 50.6. The molecule has 0 fully saturated rings. The highest BCUT2D eigenvalue weighted by Gasteiger charge is 2.29. The fourth-order valence-corrected chi connectivity index (χ4v) is 7.58. The van der Waals surface area contributed by atoms with Gasteiger partial charge in [-0.1, -0.05) is 134 Å². The Hall–Kier alpha value is -9.49. The molecule has 4 atom stereocenters. The first-order valence-electron chi connectivity index (χ1n) is 36.8. The second-order valence-corrected chi connectivity index (χ2v) is 31.7. The molecule has 0 spiro atoms. The predicted molar refractivity (Wildman–Crippen MR) is 423 cm³/mol. The van der Waals surface area contributed by atoms with Crippen LogP contribution in [-0.2, 0) is 57.2 Å². The molecule has 4 aromatic rings. The number of aromatic hydroxyl groups is 4. The van der Waals surface area contributed by atoms with E-state index in [4.69, 9.17) is 48.1 Å². The molecule has 30 nitrogen and oxygen atoms in total. The number of carbonyl (C=O) groups is 10. The molecule has 8 N–H and O–H groups in total. The zero-order valence-corrected chi connectivity index (χ0v) is 71.8. The van der Waals surface area contributed by atoms with Gasteiger partial charge in [0.1, 0.15) is 22.4 Å². The van der Waals surface area contributed by atoms with Crippen molar-refractivity contribution in [3.05, 3.63) is 95.1 Å². The van der Waals surface area contributed by atoms with Crippen LogP contribution in [0.1, 0.15) is 252 Å². The van der Waals surface area contributed by atoms with E-state index in [-0.39, 0.29) is 101 Å². The summed E-state index contributed by atoms with van der Waals surface area (Å²) in [5.74, 6) is -5.05. The molecule has 4 rings (SSSR count).